The fourth-order valence-corrected chi connectivity index (χ4v) is 4.85. The molecule has 2 atom stereocenters. The Kier molecular flexibility index (Phi) is 6.13. The number of nitrogens with two attached hydrogens (primary N) is 1. The zero-order valence-corrected chi connectivity index (χ0v) is 17.7. The van der Waals surface area contributed by atoms with E-state index < -0.39 is 0 Å². The van der Waals surface area contributed by atoms with Gasteiger partial charge in [-0.3, -0.25) is 14.7 Å². The minimum Gasteiger partial charge on any atom is -0.341 e. The number of hydrogen-bond acceptors (Lipinski definition) is 5. The summed E-state index contributed by atoms with van der Waals surface area (Å²) in [6.07, 6.45) is 2.94. The maximum atomic E-state index is 13.1. The first-order valence-electron chi connectivity index (χ1n) is 10.8. The molecule has 2 N–H and O–H groups in total. The predicted octanol–water partition coefficient (Wildman–Crippen LogP) is 1.89. The molecule has 0 spiro atoms. The van der Waals surface area contributed by atoms with Gasteiger partial charge in [0.2, 0.25) is 5.91 Å². The number of likely N-dealkylation sites (tertiary alicyclic amines) is 1. The molecule has 0 aliphatic carbocycles. The average Bonchev–Trinajstić information content (AvgIpc) is 2.74. The molecule has 1 aromatic carbocycles. The Morgan fingerprint density at radius 2 is 1.97 bits per heavy atom. The Morgan fingerprint density at radius 1 is 1.17 bits per heavy atom. The summed E-state index contributed by atoms with van der Waals surface area (Å²) in [6.45, 7) is 8.99. The largest absolute Gasteiger partial charge is 0.341 e. The Hall–Kier alpha value is -2.02. The van der Waals surface area contributed by atoms with Crippen LogP contribution in [-0.2, 0) is 11.3 Å². The average molecular weight is 396 g/mol. The van der Waals surface area contributed by atoms with Crippen LogP contribution in [0.4, 0.5) is 0 Å². The molecule has 2 aliphatic rings. The van der Waals surface area contributed by atoms with E-state index in [1.807, 2.05) is 12.3 Å². The quantitative estimate of drug-likeness (QED) is 0.856. The number of likely N-dealkylation sites (N-methyl/N-ethyl adjacent to an activating group) is 1. The number of aromatic nitrogens is 1. The van der Waals surface area contributed by atoms with Crippen LogP contribution in [0.5, 0.6) is 0 Å². The number of rotatable bonds is 4. The molecule has 1 aromatic heterocycles. The van der Waals surface area contributed by atoms with Crippen LogP contribution in [0, 0.1) is 5.92 Å². The Bertz CT molecular complexity index is 861. The summed E-state index contributed by atoms with van der Waals surface area (Å²) < 4.78 is 0. The maximum absolute atomic E-state index is 13.1. The first-order valence-corrected chi connectivity index (χ1v) is 10.8. The van der Waals surface area contributed by atoms with Crippen LogP contribution in [0.2, 0.25) is 0 Å². The number of amides is 1. The van der Waals surface area contributed by atoms with Crippen LogP contribution < -0.4 is 5.73 Å². The lowest BCUT2D eigenvalue weighted by Crippen LogP contribution is -2.51. The SMILES string of the molecule is C[C@@H]1C[C@H](c2ccc(CN)c3ncccc23)CN(C(=O)CN2CCN(C)CC2)C1. The van der Waals surface area contributed by atoms with Crippen molar-refractivity contribution < 1.29 is 4.79 Å². The lowest BCUT2D eigenvalue weighted by atomic mass is 9.83. The molecule has 6 nitrogen and oxygen atoms in total. The molecule has 2 aromatic rings. The Morgan fingerprint density at radius 3 is 2.72 bits per heavy atom. The van der Waals surface area contributed by atoms with Gasteiger partial charge in [-0.15, -0.1) is 0 Å². The fraction of sp³-hybridized carbons (Fsp3) is 0.565. The summed E-state index contributed by atoms with van der Waals surface area (Å²) in [5.74, 6) is 1.10. The molecule has 2 saturated heterocycles. The zero-order chi connectivity index (χ0) is 20.4. The van der Waals surface area contributed by atoms with E-state index in [0.717, 1.165) is 56.8 Å². The monoisotopic (exact) mass is 395 g/mol. The molecule has 0 bridgehead atoms. The zero-order valence-electron chi connectivity index (χ0n) is 17.7. The van der Waals surface area contributed by atoms with Gasteiger partial charge in [-0.25, -0.2) is 0 Å². The van der Waals surface area contributed by atoms with Crippen molar-refractivity contribution >= 4 is 16.8 Å². The molecule has 0 saturated carbocycles. The fourth-order valence-electron chi connectivity index (χ4n) is 4.85. The Balaban J connectivity index is 1.52. The van der Waals surface area contributed by atoms with Gasteiger partial charge in [-0.2, -0.15) is 0 Å². The normalized spacial score (nSPS) is 24.2. The van der Waals surface area contributed by atoms with Crippen LogP contribution in [0.3, 0.4) is 0 Å². The smallest absolute Gasteiger partial charge is 0.236 e. The topological polar surface area (TPSA) is 65.7 Å². The van der Waals surface area contributed by atoms with E-state index in [1.165, 1.54) is 10.9 Å². The highest BCUT2D eigenvalue weighted by Gasteiger charge is 2.31. The van der Waals surface area contributed by atoms with Gasteiger partial charge in [0.05, 0.1) is 12.1 Å². The number of piperidine rings is 1. The third kappa shape index (κ3) is 4.44. The van der Waals surface area contributed by atoms with Crippen molar-refractivity contribution in [3.8, 4) is 0 Å². The van der Waals surface area contributed by atoms with Crippen LogP contribution in [0.1, 0.15) is 30.4 Å². The molecule has 4 rings (SSSR count). The standard InChI is InChI=1S/C23H33N5O/c1-17-12-19(20-6-5-18(13-24)23-21(20)4-3-7-25-23)15-28(14-17)22(29)16-27-10-8-26(2)9-11-27/h3-7,17,19H,8-16,24H2,1-2H3/t17-,19+/m1/s1. The number of carbonyl (C=O) groups excluding carboxylic acids is 1. The van der Waals surface area contributed by atoms with Crippen molar-refractivity contribution in [1.82, 2.24) is 19.7 Å². The summed E-state index contributed by atoms with van der Waals surface area (Å²) in [7, 11) is 2.14. The van der Waals surface area contributed by atoms with Crippen molar-refractivity contribution in [2.75, 3.05) is 52.9 Å². The maximum Gasteiger partial charge on any atom is 0.236 e. The van der Waals surface area contributed by atoms with E-state index >= 15 is 0 Å². The van der Waals surface area contributed by atoms with Gasteiger partial charge in [-0.05, 0) is 36.6 Å². The minimum absolute atomic E-state index is 0.270. The molecule has 2 aliphatic heterocycles. The number of benzene rings is 1. The highest BCUT2D eigenvalue weighted by Crippen LogP contribution is 2.35. The van der Waals surface area contributed by atoms with Gasteiger partial charge in [0.25, 0.3) is 0 Å². The summed E-state index contributed by atoms with van der Waals surface area (Å²) in [5, 5.41) is 1.18. The van der Waals surface area contributed by atoms with E-state index in [1.54, 1.807) is 0 Å². The number of nitrogens with zero attached hydrogens (tertiary/aromatic N) is 4. The first kappa shape index (κ1) is 20.3. The molecular weight excluding hydrogens is 362 g/mol. The third-order valence-electron chi connectivity index (χ3n) is 6.51. The second-order valence-electron chi connectivity index (χ2n) is 8.83. The van der Waals surface area contributed by atoms with Crippen LogP contribution in [-0.4, -0.2) is 78.5 Å². The first-order chi connectivity index (χ1) is 14.0. The van der Waals surface area contributed by atoms with Crippen molar-refractivity contribution in [2.45, 2.75) is 25.8 Å². The summed E-state index contributed by atoms with van der Waals surface area (Å²) in [4.78, 5) is 24.4. The molecule has 0 radical (unpaired) electrons. The van der Waals surface area contributed by atoms with Gasteiger partial charge in [0.1, 0.15) is 0 Å². The van der Waals surface area contributed by atoms with Gasteiger partial charge >= 0.3 is 0 Å². The number of fused-ring (bicyclic) bond motifs is 1. The van der Waals surface area contributed by atoms with Gasteiger partial charge < -0.3 is 15.5 Å². The van der Waals surface area contributed by atoms with Gasteiger partial charge in [0, 0.05) is 63.3 Å². The van der Waals surface area contributed by atoms with Crippen molar-refractivity contribution in [2.24, 2.45) is 11.7 Å². The molecule has 3 heterocycles. The van der Waals surface area contributed by atoms with E-state index in [4.69, 9.17) is 5.73 Å². The second-order valence-corrected chi connectivity index (χ2v) is 8.83. The lowest BCUT2D eigenvalue weighted by Gasteiger charge is -2.39. The molecule has 2 fully saturated rings. The number of pyridine rings is 1. The highest BCUT2D eigenvalue weighted by molar-refractivity contribution is 5.86. The lowest BCUT2D eigenvalue weighted by molar-refractivity contribution is -0.134. The van der Waals surface area contributed by atoms with Crippen LogP contribution in [0.25, 0.3) is 10.9 Å². The van der Waals surface area contributed by atoms with Crippen molar-refractivity contribution in [3.05, 3.63) is 41.6 Å². The minimum atomic E-state index is 0.270. The van der Waals surface area contributed by atoms with Gasteiger partial charge in [-0.1, -0.05) is 25.1 Å². The predicted molar refractivity (Wildman–Crippen MR) is 117 cm³/mol. The number of piperazine rings is 1. The molecule has 1 amide bonds. The van der Waals surface area contributed by atoms with Gasteiger partial charge in [0.15, 0.2) is 0 Å². The van der Waals surface area contributed by atoms with Crippen molar-refractivity contribution in [3.63, 3.8) is 0 Å². The van der Waals surface area contributed by atoms with E-state index in [9.17, 15) is 4.79 Å². The highest BCUT2D eigenvalue weighted by atomic mass is 16.2. The molecule has 0 unspecified atom stereocenters. The molecule has 6 heteroatoms. The summed E-state index contributed by atoms with van der Waals surface area (Å²) in [5.41, 5.74) is 9.31. The molecule has 29 heavy (non-hydrogen) atoms. The van der Waals surface area contributed by atoms with E-state index in [0.29, 0.717) is 24.9 Å². The van der Waals surface area contributed by atoms with E-state index in [2.05, 4.69) is 51.9 Å². The number of hydrogen-bond donors (Lipinski definition) is 1. The van der Waals surface area contributed by atoms with Crippen LogP contribution >= 0.6 is 0 Å². The Labute approximate surface area is 173 Å². The second kappa shape index (κ2) is 8.78. The van der Waals surface area contributed by atoms with Crippen molar-refractivity contribution in [1.29, 1.82) is 0 Å². The molecular formula is C23H33N5O. The summed E-state index contributed by atoms with van der Waals surface area (Å²) >= 11 is 0. The van der Waals surface area contributed by atoms with E-state index in [-0.39, 0.29) is 5.91 Å². The summed E-state index contributed by atoms with van der Waals surface area (Å²) in [6, 6.07) is 8.46. The van der Waals surface area contributed by atoms with Crippen LogP contribution in [0.15, 0.2) is 30.5 Å². The molecule has 156 valence electrons. The third-order valence-corrected chi connectivity index (χ3v) is 6.51. The number of carbonyl (C=O) groups is 1.